The monoisotopic (exact) mass is 349 g/mol. The molecule has 0 unspecified atom stereocenters. The largest absolute Gasteiger partial charge is 0.393 e. The molecule has 5 heteroatoms. The van der Waals surface area contributed by atoms with Gasteiger partial charge in [-0.25, -0.2) is 0 Å². The van der Waals surface area contributed by atoms with Crippen molar-refractivity contribution in [3.8, 4) is 0 Å². The van der Waals surface area contributed by atoms with Gasteiger partial charge in [0.15, 0.2) is 0 Å². The predicted octanol–water partition coefficient (Wildman–Crippen LogP) is 2.84. The average Bonchev–Trinajstić information content (AvgIpc) is 2.99. The molecule has 1 saturated carbocycles. The normalized spacial score (nSPS) is 29.5. The number of benzene rings is 1. The molecule has 3 atom stereocenters. The third kappa shape index (κ3) is 3.79. The van der Waals surface area contributed by atoms with Gasteiger partial charge >= 0.3 is 0 Å². The van der Waals surface area contributed by atoms with Gasteiger partial charge in [0.1, 0.15) is 0 Å². The number of carbonyl (C=O) groups excluding carboxylic acids is 1. The fourth-order valence-corrected chi connectivity index (χ4v) is 4.93. The lowest BCUT2D eigenvalue weighted by Gasteiger charge is -2.42. The zero-order valence-electron chi connectivity index (χ0n) is 14.3. The second-order valence-electron chi connectivity index (χ2n) is 6.84. The first kappa shape index (κ1) is 17.8. The van der Waals surface area contributed by atoms with Crippen LogP contribution in [-0.4, -0.2) is 53.1 Å². The number of nitrogens with zero attached hydrogens (tertiary/aromatic N) is 1. The molecule has 1 aliphatic heterocycles. The molecule has 1 aromatic carbocycles. The van der Waals surface area contributed by atoms with E-state index < -0.39 is 0 Å². The highest BCUT2D eigenvalue weighted by Gasteiger charge is 2.52. The molecule has 0 aromatic heterocycles. The second-order valence-corrected chi connectivity index (χ2v) is 7.94. The van der Waals surface area contributed by atoms with Gasteiger partial charge in [-0.3, -0.25) is 4.79 Å². The van der Waals surface area contributed by atoms with Crippen molar-refractivity contribution in [2.45, 2.75) is 55.6 Å². The van der Waals surface area contributed by atoms with E-state index in [0.717, 1.165) is 37.3 Å². The Kier molecular flexibility index (Phi) is 5.85. The minimum atomic E-state index is -0.306. The molecular formula is C19H27NO3S. The smallest absolute Gasteiger partial charge is 0.223 e. The number of methoxy groups -OCH3 is 1. The van der Waals surface area contributed by atoms with Crippen molar-refractivity contribution < 1.29 is 14.6 Å². The Morgan fingerprint density at radius 1 is 1.38 bits per heavy atom. The van der Waals surface area contributed by atoms with Crippen molar-refractivity contribution in [3.05, 3.63) is 35.9 Å². The first-order valence-electron chi connectivity index (χ1n) is 8.79. The second kappa shape index (κ2) is 7.89. The van der Waals surface area contributed by atoms with Crippen molar-refractivity contribution in [1.82, 2.24) is 4.90 Å². The van der Waals surface area contributed by atoms with E-state index >= 15 is 0 Å². The number of carbonyl (C=O) groups is 1. The summed E-state index contributed by atoms with van der Waals surface area (Å²) in [6.45, 7) is 0.757. The van der Waals surface area contributed by atoms with Crippen LogP contribution >= 0.6 is 11.8 Å². The van der Waals surface area contributed by atoms with Gasteiger partial charge in [-0.15, -0.1) is 0 Å². The Labute approximate surface area is 148 Å². The van der Waals surface area contributed by atoms with Crippen molar-refractivity contribution in [2.24, 2.45) is 0 Å². The van der Waals surface area contributed by atoms with Crippen LogP contribution in [-0.2, 0) is 15.3 Å². The SMILES string of the molecule is CO[C@@]12CC[C@H](O)C[C@@H]1N(C(=O)CCSCc1ccccc1)CC2. The maximum atomic E-state index is 12.7. The quantitative estimate of drug-likeness (QED) is 0.803. The minimum Gasteiger partial charge on any atom is -0.393 e. The number of ether oxygens (including phenoxy) is 1. The summed E-state index contributed by atoms with van der Waals surface area (Å²) >= 11 is 1.80. The molecule has 132 valence electrons. The number of hydrogen-bond acceptors (Lipinski definition) is 4. The van der Waals surface area contributed by atoms with E-state index in [9.17, 15) is 9.90 Å². The number of likely N-dealkylation sites (tertiary alicyclic amines) is 1. The lowest BCUT2D eigenvalue weighted by atomic mass is 9.79. The van der Waals surface area contributed by atoms with Gasteiger partial charge < -0.3 is 14.7 Å². The van der Waals surface area contributed by atoms with Crippen LogP contribution in [0, 0.1) is 0 Å². The Bertz CT molecular complexity index is 553. The highest BCUT2D eigenvalue weighted by molar-refractivity contribution is 7.98. The van der Waals surface area contributed by atoms with Crippen LogP contribution in [0.5, 0.6) is 0 Å². The van der Waals surface area contributed by atoms with Crippen LogP contribution < -0.4 is 0 Å². The Hall–Kier alpha value is -1.04. The lowest BCUT2D eigenvalue weighted by molar-refractivity contribution is -0.139. The van der Waals surface area contributed by atoms with Gasteiger partial charge in [-0.2, -0.15) is 11.8 Å². The maximum Gasteiger partial charge on any atom is 0.223 e. The molecule has 0 bridgehead atoms. The molecule has 0 radical (unpaired) electrons. The molecular weight excluding hydrogens is 322 g/mol. The molecule has 2 aliphatic rings. The zero-order valence-corrected chi connectivity index (χ0v) is 15.1. The highest BCUT2D eigenvalue weighted by atomic mass is 32.2. The van der Waals surface area contributed by atoms with Gasteiger partial charge in [-0.1, -0.05) is 30.3 Å². The van der Waals surface area contributed by atoms with Gasteiger partial charge in [0.05, 0.1) is 17.7 Å². The molecule has 0 spiro atoms. The maximum absolute atomic E-state index is 12.7. The van der Waals surface area contributed by atoms with Gasteiger partial charge in [-0.05, 0) is 31.2 Å². The van der Waals surface area contributed by atoms with Crippen LogP contribution in [0.15, 0.2) is 30.3 Å². The average molecular weight is 349 g/mol. The molecule has 1 amide bonds. The van der Waals surface area contributed by atoms with Gasteiger partial charge in [0, 0.05) is 31.6 Å². The molecule has 24 heavy (non-hydrogen) atoms. The van der Waals surface area contributed by atoms with E-state index in [0.29, 0.717) is 12.8 Å². The lowest BCUT2D eigenvalue weighted by Crippen LogP contribution is -2.52. The van der Waals surface area contributed by atoms with Crippen LogP contribution in [0.2, 0.25) is 0 Å². The summed E-state index contributed by atoms with van der Waals surface area (Å²) in [5, 5.41) is 10.0. The van der Waals surface area contributed by atoms with Crippen LogP contribution in [0.3, 0.4) is 0 Å². The van der Waals surface area contributed by atoms with Crippen molar-refractivity contribution >= 4 is 17.7 Å². The molecule has 1 N–H and O–H groups in total. The molecule has 4 nitrogen and oxygen atoms in total. The number of fused-ring (bicyclic) bond motifs is 1. The highest BCUT2D eigenvalue weighted by Crippen LogP contribution is 2.42. The van der Waals surface area contributed by atoms with E-state index in [2.05, 4.69) is 12.1 Å². The number of thioether (sulfide) groups is 1. The Morgan fingerprint density at radius 2 is 2.17 bits per heavy atom. The van der Waals surface area contributed by atoms with E-state index in [1.165, 1.54) is 5.56 Å². The minimum absolute atomic E-state index is 0.0397. The van der Waals surface area contributed by atoms with Crippen molar-refractivity contribution in [1.29, 1.82) is 0 Å². The zero-order chi connectivity index (χ0) is 17.0. The number of amides is 1. The molecule has 3 rings (SSSR count). The summed E-state index contributed by atoms with van der Waals surface area (Å²) in [7, 11) is 1.74. The van der Waals surface area contributed by atoms with E-state index in [1.54, 1.807) is 18.9 Å². The number of aliphatic hydroxyl groups is 1. The van der Waals surface area contributed by atoms with Gasteiger partial charge in [0.2, 0.25) is 5.91 Å². The summed E-state index contributed by atoms with van der Waals surface area (Å²) in [5.74, 6) is 1.98. The molecule has 1 saturated heterocycles. The van der Waals surface area contributed by atoms with E-state index in [4.69, 9.17) is 4.74 Å². The van der Waals surface area contributed by atoms with Crippen LogP contribution in [0.4, 0.5) is 0 Å². The number of hydrogen-bond donors (Lipinski definition) is 1. The first-order valence-corrected chi connectivity index (χ1v) is 9.94. The van der Waals surface area contributed by atoms with Crippen molar-refractivity contribution in [3.63, 3.8) is 0 Å². The summed E-state index contributed by atoms with van der Waals surface area (Å²) in [4.78, 5) is 14.6. The Balaban J connectivity index is 1.50. The number of rotatable bonds is 6. The molecule has 2 fully saturated rings. The van der Waals surface area contributed by atoms with Crippen molar-refractivity contribution in [2.75, 3.05) is 19.4 Å². The number of aliphatic hydroxyl groups excluding tert-OH is 1. The van der Waals surface area contributed by atoms with Crippen LogP contribution in [0.1, 0.15) is 37.7 Å². The topological polar surface area (TPSA) is 49.8 Å². The molecule has 1 aliphatic carbocycles. The molecule has 1 aromatic rings. The van der Waals surface area contributed by atoms with E-state index in [-0.39, 0.29) is 23.7 Å². The molecule has 1 heterocycles. The Morgan fingerprint density at radius 3 is 2.92 bits per heavy atom. The fourth-order valence-electron chi connectivity index (χ4n) is 4.04. The van der Waals surface area contributed by atoms with E-state index in [1.807, 2.05) is 23.1 Å². The third-order valence-electron chi connectivity index (χ3n) is 5.45. The first-order chi connectivity index (χ1) is 11.6. The predicted molar refractivity (Wildman–Crippen MR) is 96.9 cm³/mol. The summed E-state index contributed by atoms with van der Waals surface area (Å²) in [6.07, 6.45) is 3.42. The summed E-state index contributed by atoms with van der Waals surface area (Å²) < 4.78 is 5.80. The summed E-state index contributed by atoms with van der Waals surface area (Å²) in [6, 6.07) is 10.4. The standard InChI is InChI=1S/C19H27NO3S/c1-23-19-9-7-16(21)13-17(19)20(11-10-19)18(22)8-12-24-14-15-5-3-2-4-6-15/h2-6,16-17,21H,7-14H2,1H3/t16-,17-,19+/m0/s1. The van der Waals surface area contributed by atoms with Gasteiger partial charge in [0.25, 0.3) is 0 Å². The third-order valence-corrected chi connectivity index (χ3v) is 6.48. The fraction of sp³-hybridized carbons (Fsp3) is 0.632. The van der Waals surface area contributed by atoms with Crippen LogP contribution in [0.25, 0.3) is 0 Å². The summed E-state index contributed by atoms with van der Waals surface area (Å²) in [5.41, 5.74) is 1.07.